The zero-order valence-electron chi connectivity index (χ0n) is 13.0. The van der Waals surface area contributed by atoms with Crippen LogP contribution >= 0.6 is 23.5 Å². The van der Waals surface area contributed by atoms with Crippen molar-refractivity contribution in [3.8, 4) is 0 Å². The standard InChI is InChI=1S/C15H24O5S2/c1-17-10-18-14(11-8-21-6-2-13(11)16)12-9-22-7-3-15(12)19-4-5-20-15/h11-12,14H,2-10H2,1H3/t11-,12+,14+/m0/s1. The second kappa shape index (κ2) is 7.85. The van der Waals surface area contributed by atoms with Crippen LogP contribution in [-0.2, 0) is 23.7 Å². The predicted molar refractivity (Wildman–Crippen MR) is 87.3 cm³/mol. The number of rotatable bonds is 5. The Hall–Kier alpha value is 0.210. The van der Waals surface area contributed by atoms with Gasteiger partial charge < -0.3 is 18.9 Å². The van der Waals surface area contributed by atoms with Crippen molar-refractivity contribution in [2.75, 3.05) is 50.1 Å². The van der Waals surface area contributed by atoms with Crippen molar-refractivity contribution in [1.29, 1.82) is 0 Å². The summed E-state index contributed by atoms with van der Waals surface area (Å²) in [7, 11) is 1.61. The molecule has 1 spiro atoms. The predicted octanol–water partition coefficient (Wildman–Crippen LogP) is 1.79. The minimum absolute atomic E-state index is 0.0801. The van der Waals surface area contributed by atoms with Crippen LogP contribution in [0.5, 0.6) is 0 Å². The fraction of sp³-hybridized carbons (Fsp3) is 0.933. The number of Topliss-reactive ketones (excluding diaryl/α,β-unsaturated/α-hetero) is 1. The van der Waals surface area contributed by atoms with Crippen LogP contribution in [0.2, 0.25) is 0 Å². The van der Waals surface area contributed by atoms with Gasteiger partial charge in [-0.3, -0.25) is 4.79 Å². The molecule has 0 unspecified atom stereocenters. The SMILES string of the molecule is COCO[C@@H]([C@H]1CSCCC12OCCO2)[C@H]1CSCCC1=O. The Balaban J connectivity index is 1.81. The molecule has 3 fully saturated rings. The van der Waals surface area contributed by atoms with Crippen molar-refractivity contribution in [3.05, 3.63) is 0 Å². The van der Waals surface area contributed by atoms with Gasteiger partial charge in [-0.2, -0.15) is 23.5 Å². The molecule has 0 bridgehead atoms. The number of ether oxygens (including phenoxy) is 4. The normalized spacial score (nSPS) is 33.2. The number of thioether (sulfide) groups is 2. The molecule has 0 N–H and O–H groups in total. The molecule has 0 aromatic rings. The Labute approximate surface area is 140 Å². The van der Waals surface area contributed by atoms with Gasteiger partial charge in [0, 0.05) is 43.1 Å². The molecule has 7 heteroatoms. The van der Waals surface area contributed by atoms with Crippen molar-refractivity contribution >= 4 is 29.3 Å². The van der Waals surface area contributed by atoms with Gasteiger partial charge in [0.1, 0.15) is 12.6 Å². The molecule has 3 atom stereocenters. The first kappa shape index (κ1) is 17.0. The fourth-order valence-corrected chi connectivity index (χ4v) is 5.94. The molecule has 3 aliphatic heterocycles. The van der Waals surface area contributed by atoms with Crippen LogP contribution in [-0.4, -0.2) is 67.8 Å². The van der Waals surface area contributed by atoms with E-state index in [4.69, 9.17) is 18.9 Å². The van der Waals surface area contributed by atoms with Gasteiger partial charge in [0.2, 0.25) is 0 Å². The molecule has 0 amide bonds. The average Bonchev–Trinajstić information content (AvgIpc) is 3.00. The number of carbonyl (C=O) groups excluding carboxylic acids is 1. The van der Waals surface area contributed by atoms with Crippen molar-refractivity contribution in [3.63, 3.8) is 0 Å². The van der Waals surface area contributed by atoms with Crippen molar-refractivity contribution in [2.45, 2.75) is 24.7 Å². The van der Waals surface area contributed by atoms with Gasteiger partial charge in [0.15, 0.2) is 5.79 Å². The van der Waals surface area contributed by atoms with Crippen molar-refractivity contribution in [2.24, 2.45) is 11.8 Å². The van der Waals surface area contributed by atoms with E-state index in [1.54, 1.807) is 7.11 Å². The molecule has 0 saturated carbocycles. The van der Waals surface area contributed by atoms with Gasteiger partial charge in [0.05, 0.1) is 25.2 Å². The van der Waals surface area contributed by atoms with Gasteiger partial charge in [-0.25, -0.2) is 0 Å². The zero-order valence-corrected chi connectivity index (χ0v) is 14.6. The van der Waals surface area contributed by atoms with Gasteiger partial charge >= 0.3 is 0 Å². The van der Waals surface area contributed by atoms with E-state index in [0.717, 1.165) is 29.4 Å². The highest BCUT2D eigenvalue weighted by molar-refractivity contribution is 7.99. The fourth-order valence-electron chi connectivity index (χ4n) is 3.51. The Morgan fingerprint density at radius 2 is 2.05 bits per heavy atom. The summed E-state index contributed by atoms with van der Waals surface area (Å²) in [5, 5.41) is 0. The molecule has 0 aliphatic carbocycles. The van der Waals surface area contributed by atoms with Gasteiger partial charge in [-0.05, 0) is 5.75 Å². The number of carbonyl (C=O) groups is 1. The summed E-state index contributed by atoms with van der Waals surface area (Å²) in [6.45, 7) is 1.47. The molecule has 126 valence electrons. The molecular weight excluding hydrogens is 324 g/mol. The monoisotopic (exact) mass is 348 g/mol. The van der Waals surface area contributed by atoms with Crippen LogP contribution in [0, 0.1) is 11.8 Å². The lowest BCUT2D eigenvalue weighted by Crippen LogP contribution is -2.54. The molecule has 0 aromatic heterocycles. The van der Waals surface area contributed by atoms with Crippen LogP contribution < -0.4 is 0 Å². The van der Waals surface area contributed by atoms with E-state index < -0.39 is 5.79 Å². The average molecular weight is 348 g/mol. The molecule has 3 heterocycles. The van der Waals surface area contributed by atoms with Crippen LogP contribution in [0.15, 0.2) is 0 Å². The lowest BCUT2D eigenvalue weighted by Gasteiger charge is -2.45. The third-order valence-corrected chi connectivity index (χ3v) is 6.78. The van der Waals surface area contributed by atoms with Crippen LogP contribution in [0.1, 0.15) is 12.8 Å². The molecule has 0 radical (unpaired) electrons. The largest absolute Gasteiger partial charge is 0.359 e. The van der Waals surface area contributed by atoms with Gasteiger partial charge in [-0.15, -0.1) is 0 Å². The molecule has 0 aromatic carbocycles. The maximum atomic E-state index is 12.4. The van der Waals surface area contributed by atoms with Crippen molar-refractivity contribution in [1.82, 2.24) is 0 Å². The van der Waals surface area contributed by atoms with Gasteiger partial charge in [0.25, 0.3) is 0 Å². The van der Waals surface area contributed by atoms with Crippen LogP contribution in [0.4, 0.5) is 0 Å². The Morgan fingerprint density at radius 3 is 2.77 bits per heavy atom. The number of ketones is 1. The summed E-state index contributed by atoms with van der Waals surface area (Å²) >= 11 is 3.73. The van der Waals surface area contributed by atoms with Crippen LogP contribution in [0.25, 0.3) is 0 Å². The summed E-state index contributed by atoms with van der Waals surface area (Å²) in [5.74, 6) is 3.42. The minimum Gasteiger partial charge on any atom is -0.359 e. The highest BCUT2D eigenvalue weighted by atomic mass is 32.2. The smallest absolute Gasteiger partial charge is 0.175 e. The third-order valence-electron chi connectivity index (χ3n) is 4.61. The highest BCUT2D eigenvalue weighted by Crippen LogP contribution is 2.44. The van der Waals surface area contributed by atoms with Gasteiger partial charge in [-0.1, -0.05) is 0 Å². The summed E-state index contributed by atoms with van der Waals surface area (Å²) in [4.78, 5) is 12.4. The van der Waals surface area contributed by atoms with E-state index in [0.29, 0.717) is 25.4 Å². The highest BCUT2D eigenvalue weighted by Gasteiger charge is 2.52. The van der Waals surface area contributed by atoms with E-state index in [-0.39, 0.29) is 24.7 Å². The topological polar surface area (TPSA) is 54.0 Å². The van der Waals surface area contributed by atoms with E-state index in [2.05, 4.69) is 0 Å². The summed E-state index contributed by atoms with van der Waals surface area (Å²) in [5.41, 5.74) is 0. The van der Waals surface area contributed by atoms with Crippen molar-refractivity contribution < 1.29 is 23.7 Å². The minimum atomic E-state index is -0.563. The van der Waals surface area contributed by atoms with E-state index in [9.17, 15) is 4.79 Å². The number of hydrogen-bond acceptors (Lipinski definition) is 7. The van der Waals surface area contributed by atoms with E-state index in [1.165, 1.54) is 0 Å². The summed E-state index contributed by atoms with van der Waals surface area (Å²) in [6, 6.07) is 0. The molecular formula is C15H24O5S2. The van der Waals surface area contributed by atoms with Crippen LogP contribution in [0.3, 0.4) is 0 Å². The molecule has 3 rings (SSSR count). The third kappa shape index (κ3) is 3.49. The maximum Gasteiger partial charge on any atom is 0.175 e. The summed E-state index contributed by atoms with van der Waals surface area (Å²) < 4.78 is 23.1. The molecule has 5 nitrogen and oxygen atoms in total. The Kier molecular flexibility index (Phi) is 6.09. The van der Waals surface area contributed by atoms with E-state index in [1.807, 2.05) is 23.5 Å². The second-order valence-electron chi connectivity index (χ2n) is 5.88. The lowest BCUT2D eigenvalue weighted by molar-refractivity contribution is -0.233. The molecule has 3 aliphatic rings. The summed E-state index contributed by atoms with van der Waals surface area (Å²) in [6.07, 6.45) is 1.31. The quantitative estimate of drug-likeness (QED) is 0.702. The molecule has 22 heavy (non-hydrogen) atoms. The first-order valence-electron chi connectivity index (χ1n) is 7.83. The first-order valence-corrected chi connectivity index (χ1v) is 10.1. The maximum absolute atomic E-state index is 12.4. The number of methoxy groups -OCH3 is 1. The first-order chi connectivity index (χ1) is 10.8. The number of hydrogen-bond donors (Lipinski definition) is 0. The molecule has 3 saturated heterocycles. The Morgan fingerprint density at radius 1 is 1.27 bits per heavy atom. The van der Waals surface area contributed by atoms with E-state index >= 15 is 0 Å². The second-order valence-corrected chi connectivity index (χ2v) is 8.18. The Bertz CT molecular complexity index is 386. The zero-order chi connectivity index (χ0) is 15.4. The lowest BCUT2D eigenvalue weighted by atomic mass is 9.82.